The molecule has 0 amide bonds. The molecule has 2 N–H and O–H groups in total. The first-order chi connectivity index (χ1) is 0. The Bertz CT molecular complexity index is 19.2. The van der Waals surface area contributed by atoms with Gasteiger partial charge in [0.2, 0.25) is 0 Å². The molecule has 0 spiro atoms. The molecule has 0 unspecified atom stereocenters. The van der Waals surface area contributed by atoms with Gasteiger partial charge in [0.1, 0.15) is 0 Å². The largest absolute Gasteiger partial charge is 2.00 e. The van der Waals surface area contributed by atoms with E-state index in [2.05, 4.69) is 0 Å². The van der Waals surface area contributed by atoms with Gasteiger partial charge in [-0.1, -0.05) is 0 Å². The Balaban J connectivity index is 0. The molecule has 0 bridgehead atoms. The van der Waals surface area contributed by atoms with Gasteiger partial charge in [-0.15, -0.1) is 0 Å². The minimum absolute atomic E-state index is 0. The van der Waals surface area contributed by atoms with Crippen LogP contribution in [-0.4, -0.2) is 54.4 Å². The zero-order chi connectivity index (χ0) is 0. The molecule has 0 aromatic carbocycles. The molecule has 2 radical (unpaired) electrons. The first kappa shape index (κ1) is 35.7. The Morgan fingerprint density at radius 3 is 1.20 bits per heavy atom. The van der Waals surface area contributed by atoms with Crippen molar-refractivity contribution in [3.8, 4) is 0 Å². The van der Waals surface area contributed by atoms with E-state index in [0.29, 0.717) is 0 Å². The summed E-state index contributed by atoms with van der Waals surface area (Å²) in [6, 6.07) is 0. The van der Waals surface area contributed by atoms with Gasteiger partial charge in [-0.05, 0) is 0 Å². The van der Waals surface area contributed by atoms with E-state index < -0.39 is 0 Å². The Morgan fingerprint density at radius 2 is 1.20 bits per heavy atom. The predicted molar refractivity (Wildman–Crippen MR) is 12.7 cm³/mol. The van der Waals surface area contributed by atoms with Crippen LogP contribution in [-0.2, 0) is 22.4 Å². The van der Waals surface area contributed by atoms with E-state index in [0.717, 1.165) is 0 Å². The molecule has 0 rings (SSSR count). The Hall–Kier alpha value is 4.06. The molecule has 5 heavy (non-hydrogen) atoms. The van der Waals surface area contributed by atoms with Gasteiger partial charge in [0.05, 0.1) is 0 Å². The molecule has 0 aliphatic rings. The monoisotopic (exact) mass is 486 g/mol. The second kappa shape index (κ2) is 24.4. The van der Waals surface area contributed by atoms with Crippen LogP contribution in [0.25, 0.3) is 0 Å². The molecule has 0 saturated carbocycles. The molecule has 22 valence electrons. The quantitative estimate of drug-likeness (QED) is 0.315. The van der Waals surface area contributed by atoms with Gasteiger partial charge >= 0.3 is 67.7 Å². The van der Waals surface area contributed by atoms with Crippen LogP contribution >= 0.6 is 0 Å². The Labute approximate surface area is 132 Å². The van der Waals surface area contributed by atoms with Crippen LogP contribution in [0.5, 0.6) is 0 Å². The standard InChI is InChI=1S/Ba.La.Li.H2O.Ta.3H/h;;;1H2;;;;/q+2;;+1;;;3*-1. The van der Waals surface area contributed by atoms with Gasteiger partial charge in [0.15, 0.2) is 0 Å². The van der Waals surface area contributed by atoms with Crippen LogP contribution in [0.2, 0.25) is 0 Å². The van der Waals surface area contributed by atoms with Crippen molar-refractivity contribution in [1.82, 2.24) is 0 Å². The fraction of sp³-hybridized carbons (Fsp3) is 0. The van der Waals surface area contributed by atoms with Gasteiger partial charge in [0, 0.05) is 58.0 Å². The van der Waals surface area contributed by atoms with E-state index in [1.165, 1.54) is 0 Å². The summed E-state index contributed by atoms with van der Waals surface area (Å²) in [7, 11) is 0. The number of hydrogen-bond donors (Lipinski definition) is 0. The first-order valence-corrected chi connectivity index (χ1v) is 0. The maximum atomic E-state index is 0. The van der Waals surface area contributed by atoms with E-state index in [1.54, 1.807) is 0 Å². The van der Waals surface area contributed by atoms with Crippen LogP contribution in [0.3, 0.4) is 0 Å². The zero-order valence-corrected chi connectivity index (χ0v) is 14.5. The van der Waals surface area contributed by atoms with Crippen molar-refractivity contribution in [2.75, 3.05) is 0 Å². The van der Waals surface area contributed by atoms with Gasteiger partial charge in [-0.25, -0.2) is 0 Å². The van der Waals surface area contributed by atoms with Crippen molar-refractivity contribution in [3.63, 3.8) is 0 Å². The second-order valence-electron chi connectivity index (χ2n) is 0. The van der Waals surface area contributed by atoms with E-state index in [1.807, 2.05) is 0 Å². The summed E-state index contributed by atoms with van der Waals surface area (Å²) in [4.78, 5) is 0. The fourth-order valence-corrected chi connectivity index (χ4v) is 0. The third-order valence-corrected chi connectivity index (χ3v) is 0. The molecule has 0 aliphatic heterocycles. The summed E-state index contributed by atoms with van der Waals surface area (Å²) < 4.78 is 0. The minimum Gasteiger partial charge on any atom is -1.00 e. The third-order valence-electron chi connectivity index (χ3n) is 0. The summed E-state index contributed by atoms with van der Waals surface area (Å²) in [6.07, 6.45) is 0. The van der Waals surface area contributed by atoms with E-state index in [4.69, 9.17) is 0 Å². The topological polar surface area (TPSA) is 31.5 Å². The Morgan fingerprint density at radius 1 is 1.20 bits per heavy atom. The normalized spacial score (nSPS) is 0. The molecule has 0 saturated heterocycles. The molecule has 0 fully saturated rings. The van der Waals surface area contributed by atoms with Crippen LogP contribution in [0.15, 0.2) is 0 Å². The summed E-state index contributed by atoms with van der Waals surface area (Å²) >= 11 is 0. The maximum Gasteiger partial charge on any atom is 2.00 e. The molecular formula is H5BaLaLiOTa. The van der Waals surface area contributed by atoms with Crippen LogP contribution in [0.4, 0.5) is 0 Å². The minimum atomic E-state index is 0. The van der Waals surface area contributed by atoms with Gasteiger partial charge in [-0.2, -0.15) is 0 Å². The molecule has 0 atom stereocenters. The van der Waals surface area contributed by atoms with Crippen LogP contribution in [0, 0.1) is 35.6 Å². The average Bonchev–Trinajstić information content (AvgIpc) is 0. The molecule has 1 nitrogen and oxygen atoms in total. The second-order valence-corrected chi connectivity index (χ2v) is 0. The molecule has 0 aromatic rings. The van der Waals surface area contributed by atoms with Crippen LogP contribution in [0.1, 0.15) is 4.28 Å². The van der Waals surface area contributed by atoms with E-state index >= 15 is 0 Å². The van der Waals surface area contributed by atoms with Crippen molar-refractivity contribution in [2.24, 2.45) is 0 Å². The summed E-state index contributed by atoms with van der Waals surface area (Å²) in [5, 5.41) is 0. The summed E-state index contributed by atoms with van der Waals surface area (Å²) in [6.45, 7) is 0. The molecule has 0 aromatic heterocycles. The van der Waals surface area contributed by atoms with Crippen molar-refractivity contribution in [3.05, 3.63) is 0 Å². The molecule has 5 heteroatoms. The van der Waals surface area contributed by atoms with Gasteiger partial charge in [0.25, 0.3) is 0 Å². The summed E-state index contributed by atoms with van der Waals surface area (Å²) in [5.74, 6) is 0. The van der Waals surface area contributed by atoms with Gasteiger partial charge in [-0.3, -0.25) is 0 Å². The molecule has 0 aliphatic carbocycles. The maximum absolute atomic E-state index is 0. The summed E-state index contributed by atoms with van der Waals surface area (Å²) in [5.41, 5.74) is 0. The van der Waals surface area contributed by atoms with Crippen LogP contribution < -0.4 is 18.9 Å². The third kappa shape index (κ3) is 18.0. The fourth-order valence-electron chi connectivity index (χ4n) is 0. The van der Waals surface area contributed by atoms with E-state index in [9.17, 15) is 0 Å². The number of hydrogen-bond acceptors (Lipinski definition) is 0. The Kier molecular flexibility index (Phi) is 174. The SMILES string of the molecule is O.[Ba+2].[H-].[H-].[H-].[La].[Li+].[Ta]. The van der Waals surface area contributed by atoms with E-state index in [-0.39, 0.29) is 135 Å². The zero-order valence-electron chi connectivity index (χ0n) is 6.23. The van der Waals surface area contributed by atoms with Crippen molar-refractivity contribution in [1.29, 1.82) is 0 Å². The number of rotatable bonds is 0. The van der Waals surface area contributed by atoms with Crippen molar-refractivity contribution >= 4 is 48.9 Å². The smallest absolute Gasteiger partial charge is 1.00 e. The van der Waals surface area contributed by atoms with Crippen molar-refractivity contribution in [2.45, 2.75) is 0 Å². The van der Waals surface area contributed by atoms with Crippen molar-refractivity contribution < 1.29 is 86.6 Å². The average molecular weight is 485 g/mol. The van der Waals surface area contributed by atoms with Gasteiger partial charge < -0.3 is 9.76 Å². The molecular weight excluding hydrogens is 480 g/mol. The first-order valence-electron chi connectivity index (χ1n) is 0. The molecule has 0 heterocycles. The predicted octanol–water partition coefficient (Wildman–Crippen LogP) is -3.87.